The predicted molar refractivity (Wildman–Crippen MR) is 158 cm³/mol. The number of unbranched alkanes of at least 4 members (excludes halogenated alkanes) is 1. The second kappa shape index (κ2) is 15.7. The molecular formula is C29H34F2N6O8S. The third-order valence-corrected chi connectivity index (χ3v) is 8.89. The van der Waals surface area contributed by atoms with Crippen LogP contribution in [0.3, 0.4) is 0 Å². The zero-order valence-electron chi connectivity index (χ0n) is 24.9. The van der Waals surface area contributed by atoms with Crippen LogP contribution in [0.1, 0.15) is 42.4 Å². The van der Waals surface area contributed by atoms with Gasteiger partial charge in [0.15, 0.2) is 9.84 Å². The summed E-state index contributed by atoms with van der Waals surface area (Å²) in [7, 11) is -4.24. The van der Waals surface area contributed by atoms with Crippen molar-refractivity contribution in [3.05, 3.63) is 60.2 Å². The standard InChI is InChI=1S/C29H34F2N6O8S/c1-2-3-9-21(24(38)27-36-35-26(45-27)18-8-6-11-33-14-18)34-25(39)20(22-15-43-13-12-37(22)29(32)40)17-46(41,42)16-19-7-4-5-10-23(19)44-28(30)31/h4-8,10-11,14,20-22,28H,2-3,9,12-13,15-17H2,1H3,(H2,32,40)(H,34,39). The molecule has 3 N–H and O–H groups in total. The van der Waals surface area contributed by atoms with Crippen molar-refractivity contribution in [2.24, 2.45) is 11.7 Å². The minimum absolute atomic E-state index is 0.00775. The number of para-hydroxylation sites is 1. The second-order valence-corrected chi connectivity index (χ2v) is 12.7. The van der Waals surface area contributed by atoms with Crippen molar-refractivity contribution in [2.45, 2.75) is 50.6 Å². The van der Waals surface area contributed by atoms with E-state index in [1.165, 1.54) is 30.5 Å². The van der Waals surface area contributed by atoms with Crippen molar-refractivity contribution in [2.75, 3.05) is 25.5 Å². The maximum absolute atomic E-state index is 13.9. The Morgan fingerprint density at radius 3 is 2.65 bits per heavy atom. The maximum atomic E-state index is 13.9. The molecule has 17 heteroatoms. The number of sulfone groups is 1. The first-order valence-corrected chi connectivity index (χ1v) is 16.3. The molecule has 0 bridgehead atoms. The van der Waals surface area contributed by atoms with E-state index < -0.39 is 63.7 Å². The van der Waals surface area contributed by atoms with Crippen LogP contribution >= 0.6 is 0 Å². The van der Waals surface area contributed by atoms with E-state index in [-0.39, 0.29) is 49.3 Å². The van der Waals surface area contributed by atoms with E-state index in [1.54, 1.807) is 18.3 Å². The lowest BCUT2D eigenvalue weighted by atomic mass is 9.97. The number of hydrogen-bond donors (Lipinski definition) is 2. The summed E-state index contributed by atoms with van der Waals surface area (Å²) in [4.78, 5) is 44.9. The third kappa shape index (κ3) is 9.03. The highest BCUT2D eigenvalue weighted by Gasteiger charge is 2.41. The summed E-state index contributed by atoms with van der Waals surface area (Å²) in [5.41, 5.74) is 5.99. The SMILES string of the molecule is CCCCC(NC(=O)C(CS(=O)(=O)Cc1ccccc1OC(F)F)C1COCCN1C(N)=O)C(=O)c1nnc(-c2cccnc2)o1. The average Bonchev–Trinajstić information content (AvgIpc) is 3.53. The summed E-state index contributed by atoms with van der Waals surface area (Å²) in [6, 6.07) is 5.48. The molecule has 1 fully saturated rings. The van der Waals surface area contributed by atoms with Gasteiger partial charge in [-0.05, 0) is 24.6 Å². The average molecular weight is 665 g/mol. The first kappa shape index (κ1) is 34.4. The Kier molecular flexibility index (Phi) is 11.7. The van der Waals surface area contributed by atoms with Gasteiger partial charge in [0.2, 0.25) is 17.6 Å². The molecule has 14 nitrogen and oxygen atoms in total. The molecule has 0 saturated carbocycles. The lowest BCUT2D eigenvalue weighted by Gasteiger charge is -2.38. The first-order valence-electron chi connectivity index (χ1n) is 14.4. The number of ether oxygens (including phenoxy) is 2. The fraction of sp³-hybridized carbons (Fsp3) is 0.448. The van der Waals surface area contributed by atoms with Crippen LogP contribution in [0, 0.1) is 5.92 Å². The number of nitrogens with two attached hydrogens (primary N) is 1. The zero-order valence-corrected chi connectivity index (χ0v) is 25.7. The molecule has 3 atom stereocenters. The highest BCUT2D eigenvalue weighted by atomic mass is 32.2. The number of benzene rings is 1. The third-order valence-electron chi connectivity index (χ3n) is 7.27. The van der Waals surface area contributed by atoms with Crippen molar-refractivity contribution < 1.29 is 45.5 Å². The number of morpholine rings is 1. The van der Waals surface area contributed by atoms with Gasteiger partial charge in [0.1, 0.15) is 5.75 Å². The van der Waals surface area contributed by atoms with E-state index >= 15 is 0 Å². The number of amides is 3. The van der Waals surface area contributed by atoms with Gasteiger partial charge in [0, 0.05) is 24.5 Å². The van der Waals surface area contributed by atoms with Gasteiger partial charge < -0.3 is 29.8 Å². The number of ketones is 1. The lowest BCUT2D eigenvalue weighted by Crippen LogP contribution is -2.59. The molecule has 3 unspecified atom stereocenters. The Morgan fingerprint density at radius 1 is 1.17 bits per heavy atom. The van der Waals surface area contributed by atoms with Gasteiger partial charge in [-0.15, -0.1) is 10.2 Å². The lowest BCUT2D eigenvalue weighted by molar-refractivity contribution is -0.128. The largest absolute Gasteiger partial charge is 0.435 e. The Bertz CT molecular complexity index is 1610. The van der Waals surface area contributed by atoms with Crippen LogP contribution in [0.15, 0.2) is 53.2 Å². The van der Waals surface area contributed by atoms with Crippen molar-refractivity contribution in [1.29, 1.82) is 0 Å². The molecule has 1 saturated heterocycles. The number of pyridine rings is 1. The van der Waals surface area contributed by atoms with E-state index in [0.717, 1.165) is 4.90 Å². The summed E-state index contributed by atoms with van der Waals surface area (Å²) in [6.07, 6.45) is 4.34. The molecule has 0 spiro atoms. The van der Waals surface area contributed by atoms with Gasteiger partial charge in [0.05, 0.1) is 48.3 Å². The number of Topliss-reactive ketones (excluding diaryl/α,β-unsaturated/α-hetero) is 1. The monoisotopic (exact) mass is 664 g/mol. The molecule has 1 aliphatic heterocycles. The zero-order chi connectivity index (χ0) is 33.3. The van der Waals surface area contributed by atoms with Crippen LogP contribution in [-0.4, -0.2) is 90.4 Å². The Balaban J connectivity index is 1.62. The van der Waals surface area contributed by atoms with E-state index in [0.29, 0.717) is 18.4 Å². The van der Waals surface area contributed by atoms with E-state index in [4.69, 9.17) is 14.9 Å². The van der Waals surface area contributed by atoms with Crippen LogP contribution in [0.2, 0.25) is 0 Å². The van der Waals surface area contributed by atoms with Crippen molar-refractivity contribution >= 4 is 27.6 Å². The molecular weight excluding hydrogens is 630 g/mol. The fourth-order valence-electron chi connectivity index (χ4n) is 5.03. The minimum Gasteiger partial charge on any atom is -0.435 e. The number of primary amides is 1. The van der Waals surface area contributed by atoms with Gasteiger partial charge in [0.25, 0.3) is 5.89 Å². The van der Waals surface area contributed by atoms with Gasteiger partial charge in [-0.1, -0.05) is 38.0 Å². The number of nitrogens with one attached hydrogen (secondary N) is 1. The summed E-state index contributed by atoms with van der Waals surface area (Å²) in [5.74, 6) is -5.29. The summed E-state index contributed by atoms with van der Waals surface area (Å²) in [5, 5.41) is 10.4. The molecule has 3 amide bonds. The van der Waals surface area contributed by atoms with Crippen LogP contribution in [-0.2, 0) is 25.1 Å². The number of urea groups is 1. The van der Waals surface area contributed by atoms with Gasteiger partial charge in [-0.3, -0.25) is 14.6 Å². The summed E-state index contributed by atoms with van der Waals surface area (Å²) < 4.78 is 68.5. The number of hydrogen-bond acceptors (Lipinski definition) is 11. The van der Waals surface area contributed by atoms with E-state index in [9.17, 15) is 31.6 Å². The molecule has 46 heavy (non-hydrogen) atoms. The number of halogens is 2. The van der Waals surface area contributed by atoms with Crippen molar-refractivity contribution in [3.8, 4) is 17.2 Å². The number of carbonyl (C=O) groups excluding carboxylic acids is 3. The maximum Gasteiger partial charge on any atom is 0.387 e. The van der Waals surface area contributed by atoms with Crippen molar-refractivity contribution in [3.63, 3.8) is 0 Å². The minimum atomic E-state index is -4.24. The van der Waals surface area contributed by atoms with E-state index in [1.807, 2.05) is 6.92 Å². The molecule has 0 radical (unpaired) electrons. The number of alkyl halides is 2. The molecule has 1 aliphatic rings. The Hall–Kier alpha value is -4.51. The molecule has 248 valence electrons. The molecule has 3 aromatic rings. The van der Waals surface area contributed by atoms with Crippen LogP contribution < -0.4 is 15.8 Å². The van der Waals surface area contributed by atoms with Crippen LogP contribution in [0.4, 0.5) is 13.6 Å². The first-order chi connectivity index (χ1) is 22.0. The van der Waals surface area contributed by atoms with Gasteiger partial charge >= 0.3 is 12.6 Å². The predicted octanol–water partition coefficient (Wildman–Crippen LogP) is 2.60. The molecule has 1 aromatic carbocycles. The van der Waals surface area contributed by atoms with E-state index in [2.05, 4.69) is 25.2 Å². The van der Waals surface area contributed by atoms with Crippen LogP contribution in [0.25, 0.3) is 11.5 Å². The highest BCUT2D eigenvalue weighted by molar-refractivity contribution is 7.90. The quantitative estimate of drug-likeness (QED) is 0.227. The number of rotatable bonds is 15. The summed E-state index contributed by atoms with van der Waals surface area (Å²) in [6.45, 7) is -1.43. The van der Waals surface area contributed by atoms with Gasteiger partial charge in [-0.2, -0.15) is 8.78 Å². The molecule has 4 rings (SSSR count). The highest BCUT2D eigenvalue weighted by Crippen LogP contribution is 2.26. The van der Waals surface area contributed by atoms with Crippen LogP contribution in [0.5, 0.6) is 5.75 Å². The summed E-state index contributed by atoms with van der Waals surface area (Å²) >= 11 is 0. The molecule has 3 heterocycles. The smallest absolute Gasteiger partial charge is 0.387 e. The molecule has 0 aliphatic carbocycles. The second-order valence-electron chi connectivity index (χ2n) is 10.5. The van der Waals surface area contributed by atoms with Crippen molar-refractivity contribution in [1.82, 2.24) is 25.4 Å². The number of aromatic nitrogens is 3. The van der Waals surface area contributed by atoms with Gasteiger partial charge in [-0.25, -0.2) is 13.2 Å². The topological polar surface area (TPSA) is 197 Å². The molecule has 2 aromatic heterocycles. The number of carbonyl (C=O) groups is 3. The fourth-order valence-corrected chi connectivity index (χ4v) is 6.78. The Morgan fingerprint density at radius 2 is 1.96 bits per heavy atom. The number of nitrogens with zero attached hydrogens (tertiary/aromatic N) is 4. The Labute approximate surface area is 263 Å². The normalized spacial score (nSPS) is 16.5.